The highest BCUT2D eigenvalue weighted by atomic mass is 16.3. The second-order valence-electron chi connectivity index (χ2n) is 7.86. The monoisotopic (exact) mass is 265 g/mol. The van der Waals surface area contributed by atoms with Gasteiger partial charge in [-0.2, -0.15) is 0 Å². The molecule has 3 fully saturated rings. The van der Waals surface area contributed by atoms with E-state index in [1.165, 1.54) is 45.1 Å². The second-order valence-corrected chi connectivity index (χ2v) is 7.86. The van der Waals surface area contributed by atoms with Gasteiger partial charge in [0.2, 0.25) is 0 Å². The Morgan fingerprint density at radius 1 is 1.00 bits per heavy atom. The summed E-state index contributed by atoms with van der Waals surface area (Å²) >= 11 is 0. The van der Waals surface area contributed by atoms with Gasteiger partial charge in [0.15, 0.2) is 0 Å². The van der Waals surface area contributed by atoms with Crippen LogP contribution in [0.25, 0.3) is 0 Å². The third-order valence-corrected chi connectivity index (χ3v) is 6.13. The molecule has 3 rings (SSSR count). The highest BCUT2D eigenvalue weighted by Gasteiger charge is 2.44. The summed E-state index contributed by atoms with van der Waals surface area (Å²) in [5.74, 6) is 2.34. The Balaban J connectivity index is 1.64. The van der Waals surface area contributed by atoms with Crippen molar-refractivity contribution >= 4 is 0 Å². The molecular weight excluding hydrogens is 234 g/mol. The van der Waals surface area contributed by atoms with Crippen LogP contribution in [0.3, 0.4) is 0 Å². The first-order valence-electron chi connectivity index (χ1n) is 8.53. The molecule has 19 heavy (non-hydrogen) atoms. The topological polar surface area (TPSA) is 23.5 Å². The molecule has 4 atom stereocenters. The number of rotatable bonds is 1. The molecule has 0 aromatic carbocycles. The molecule has 1 aliphatic heterocycles. The number of hydrogen-bond acceptors (Lipinski definition) is 2. The van der Waals surface area contributed by atoms with E-state index in [-0.39, 0.29) is 5.60 Å². The van der Waals surface area contributed by atoms with Crippen LogP contribution in [0, 0.1) is 17.8 Å². The predicted octanol–water partition coefficient (Wildman–Crippen LogP) is 3.44. The summed E-state index contributed by atoms with van der Waals surface area (Å²) in [6.07, 6.45) is 10.1. The Morgan fingerprint density at radius 2 is 1.74 bits per heavy atom. The Hall–Kier alpha value is -0.0800. The number of hydrogen-bond donors (Lipinski definition) is 1. The molecule has 0 amide bonds. The average molecular weight is 265 g/mol. The zero-order valence-corrected chi connectivity index (χ0v) is 12.8. The summed E-state index contributed by atoms with van der Waals surface area (Å²) < 4.78 is 0. The van der Waals surface area contributed by atoms with Crippen molar-refractivity contribution in [2.24, 2.45) is 17.8 Å². The molecular formula is C17H31NO. The van der Waals surface area contributed by atoms with Gasteiger partial charge in [-0.15, -0.1) is 0 Å². The van der Waals surface area contributed by atoms with E-state index in [2.05, 4.69) is 18.7 Å². The minimum absolute atomic E-state index is 0.305. The summed E-state index contributed by atoms with van der Waals surface area (Å²) in [7, 11) is 0. The number of aliphatic hydroxyl groups is 1. The molecule has 2 nitrogen and oxygen atoms in total. The van der Waals surface area contributed by atoms with Gasteiger partial charge >= 0.3 is 0 Å². The zero-order valence-electron chi connectivity index (χ0n) is 12.8. The van der Waals surface area contributed by atoms with Gasteiger partial charge < -0.3 is 5.11 Å². The van der Waals surface area contributed by atoms with Crippen molar-refractivity contribution in [2.75, 3.05) is 13.1 Å². The number of likely N-dealkylation sites (tertiary alicyclic amines) is 1. The third kappa shape index (κ3) is 2.85. The molecule has 1 N–H and O–H groups in total. The van der Waals surface area contributed by atoms with Gasteiger partial charge in [0.1, 0.15) is 0 Å². The Labute approximate surface area is 118 Å². The minimum atomic E-state index is -0.305. The zero-order chi connectivity index (χ0) is 13.5. The van der Waals surface area contributed by atoms with Gasteiger partial charge in [-0.1, -0.05) is 26.7 Å². The first kappa shape index (κ1) is 13.9. The quantitative estimate of drug-likeness (QED) is 0.785. The number of piperidine rings is 1. The smallest absolute Gasteiger partial charge is 0.0700 e. The average Bonchev–Trinajstić information content (AvgIpc) is 2.36. The maximum Gasteiger partial charge on any atom is 0.0700 e. The Bertz CT molecular complexity index is 308. The molecule has 4 unspecified atom stereocenters. The summed E-state index contributed by atoms with van der Waals surface area (Å²) in [6, 6.07) is 0.797. The molecule has 3 aliphatic rings. The van der Waals surface area contributed by atoms with E-state index in [1.807, 2.05) is 0 Å². The highest BCUT2D eigenvalue weighted by molar-refractivity contribution is 4.97. The predicted molar refractivity (Wildman–Crippen MR) is 79.1 cm³/mol. The van der Waals surface area contributed by atoms with E-state index in [4.69, 9.17) is 0 Å². The lowest BCUT2D eigenvalue weighted by Crippen LogP contribution is -2.56. The van der Waals surface area contributed by atoms with E-state index < -0.39 is 0 Å². The van der Waals surface area contributed by atoms with Crippen molar-refractivity contribution in [1.82, 2.24) is 4.90 Å². The van der Waals surface area contributed by atoms with Gasteiger partial charge in [0, 0.05) is 25.0 Å². The van der Waals surface area contributed by atoms with Crippen LogP contribution < -0.4 is 0 Å². The lowest BCUT2D eigenvalue weighted by molar-refractivity contribution is -0.107. The SMILES string of the molecule is CC1CC(C)CC(N2CCC3(O)CCCCC3C2)C1. The third-order valence-electron chi connectivity index (χ3n) is 6.13. The molecule has 2 heteroatoms. The highest BCUT2D eigenvalue weighted by Crippen LogP contribution is 2.42. The lowest BCUT2D eigenvalue weighted by Gasteiger charge is -2.51. The fourth-order valence-corrected chi connectivity index (χ4v) is 5.13. The van der Waals surface area contributed by atoms with Gasteiger partial charge in [0.05, 0.1) is 5.60 Å². The van der Waals surface area contributed by atoms with Crippen LogP contribution in [-0.4, -0.2) is 34.7 Å². The van der Waals surface area contributed by atoms with Crippen molar-refractivity contribution in [3.05, 3.63) is 0 Å². The normalized spacial score (nSPS) is 48.8. The van der Waals surface area contributed by atoms with Crippen molar-refractivity contribution in [3.8, 4) is 0 Å². The van der Waals surface area contributed by atoms with Crippen molar-refractivity contribution in [2.45, 2.75) is 76.9 Å². The summed E-state index contributed by atoms with van der Waals surface area (Å²) in [5.41, 5.74) is -0.305. The summed E-state index contributed by atoms with van der Waals surface area (Å²) in [6.45, 7) is 7.14. The largest absolute Gasteiger partial charge is 0.390 e. The van der Waals surface area contributed by atoms with Gasteiger partial charge in [-0.25, -0.2) is 0 Å². The molecule has 110 valence electrons. The Morgan fingerprint density at radius 3 is 2.47 bits per heavy atom. The van der Waals surface area contributed by atoms with Crippen LogP contribution in [0.2, 0.25) is 0 Å². The van der Waals surface area contributed by atoms with Gasteiger partial charge in [0.25, 0.3) is 0 Å². The van der Waals surface area contributed by atoms with Crippen LogP contribution in [0.1, 0.15) is 65.2 Å². The molecule has 1 saturated heterocycles. The summed E-state index contributed by atoms with van der Waals surface area (Å²) in [5, 5.41) is 10.8. The van der Waals surface area contributed by atoms with Crippen LogP contribution in [0.4, 0.5) is 0 Å². The van der Waals surface area contributed by atoms with Crippen LogP contribution in [0.15, 0.2) is 0 Å². The summed E-state index contributed by atoms with van der Waals surface area (Å²) in [4.78, 5) is 2.73. The van der Waals surface area contributed by atoms with Crippen LogP contribution >= 0.6 is 0 Å². The standard InChI is InChI=1S/C17H31NO/c1-13-9-14(2)11-16(10-13)18-8-7-17(19)6-4-3-5-15(17)12-18/h13-16,19H,3-12H2,1-2H3. The maximum atomic E-state index is 10.8. The van der Waals surface area contributed by atoms with Crippen LogP contribution in [-0.2, 0) is 0 Å². The van der Waals surface area contributed by atoms with E-state index >= 15 is 0 Å². The molecule has 2 saturated carbocycles. The molecule has 0 bridgehead atoms. The molecule has 1 heterocycles. The molecule has 0 spiro atoms. The number of fused-ring (bicyclic) bond motifs is 1. The maximum absolute atomic E-state index is 10.8. The van der Waals surface area contributed by atoms with Crippen LogP contribution in [0.5, 0.6) is 0 Å². The van der Waals surface area contributed by atoms with Gasteiger partial charge in [-0.3, -0.25) is 4.90 Å². The van der Waals surface area contributed by atoms with Crippen molar-refractivity contribution in [1.29, 1.82) is 0 Å². The van der Waals surface area contributed by atoms with E-state index in [0.717, 1.165) is 37.3 Å². The van der Waals surface area contributed by atoms with E-state index in [9.17, 15) is 5.11 Å². The van der Waals surface area contributed by atoms with E-state index in [0.29, 0.717) is 5.92 Å². The lowest BCUT2D eigenvalue weighted by atomic mass is 9.70. The molecule has 2 aliphatic carbocycles. The second kappa shape index (κ2) is 5.37. The van der Waals surface area contributed by atoms with Crippen molar-refractivity contribution < 1.29 is 5.11 Å². The molecule has 0 radical (unpaired) electrons. The van der Waals surface area contributed by atoms with E-state index in [1.54, 1.807) is 0 Å². The van der Waals surface area contributed by atoms with Gasteiger partial charge in [-0.05, 0) is 50.4 Å². The molecule has 0 aromatic rings. The first-order chi connectivity index (χ1) is 9.07. The number of nitrogens with zero attached hydrogens (tertiary/aromatic N) is 1. The van der Waals surface area contributed by atoms with Crippen molar-refractivity contribution in [3.63, 3.8) is 0 Å². The fraction of sp³-hybridized carbons (Fsp3) is 1.00. The fourth-order valence-electron chi connectivity index (χ4n) is 5.13. The molecule has 0 aromatic heterocycles. The Kier molecular flexibility index (Phi) is 3.92. The minimum Gasteiger partial charge on any atom is -0.390 e. The first-order valence-corrected chi connectivity index (χ1v) is 8.53.